The van der Waals surface area contributed by atoms with Crippen LogP contribution in [0.4, 0.5) is 10.5 Å². The van der Waals surface area contributed by atoms with Crippen molar-refractivity contribution in [3.8, 4) is 0 Å². The van der Waals surface area contributed by atoms with Crippen LogP contribution in [0.15, 0.2) is 18.2 Å². The van der Waals surface area contributed by atoms with Crippen LogP contribution in [0.5, 0.6) is 0 Å². The standard InChI is InChI=1S/C18H17N3O5/c22-14(10-5-6-13-11(7-10)8-15(23)19-13)9-20-16(24)17(25)21(18(20)26)12-3-1-2-4-12/h5-7,12H,1-4,8-9H2,(H,19,23). The Morgan fingerprint density at radius 1 is 1.08 bits per heavy atom. The van der Waals surface area contributed by atoms with Crippen LogP contribution in [0.1, 0.15) is 41.6 Å². The molecule has 3 aliphatic rings. The molecule has 1 aliphatic carbocycles. The zero-order valence-corrected chi connectivity index (χ0v) is 14.0. The van der Waals surface area contributed by atoms with Gasteiger partial charge in [0.25, 0.3) is 0 Å². The van der Waals surface area contributed by atoms with Gasteiger partial charge in [-0.1, -0.05) is 12.8 Å². The molecule has 1 saturated heterocycles. The lowest BCUT2D eigenvalue weighted by Crippen LogP contribution is -2.41. The number of carbonyl (C=O) groups excluding carboxylic acids is 5. The summed E-state index contributed by atoms with van der Waals surface area (Å²) in [5.41, 5.74) is 1.65. The maximum absolute atomic E-state index is 12.5. The highest BCUT2D eigenvalue weighted by Crippen LogP contribution is 2.28. The predicted molar refractivity (Wildman–Crippen MR) is 89.3 cm³/mol. The van der Waals surface area contributed by atoms with Gasteiger partial charge < -0.3 is 5.32 Å². The molecule has 1 N–H and O–H groups in total. The van der Waals surface area contributed by atoms with Crippen LogP contribution < -0.4 is 5.32 Å². The van der Waals surface area contributed by atoms with E-state index in [4.69, 9.17) is 0 Å². The average Bonchev–Trinajstić information content (AvgIpc) is 3.30. The molecule has 0 aromatic heterocycles. The molecular formula is C18H17N3O5. The zero-order valence-electron chi connectivity index (χ0n) is 14.0. The Bertz CT molecular complexity index is 856. The third-order valence-corrected chi connectivity index (χ3v) is 5.13. The monoisotopic (exact) mass is 355 g/mol. The van der Waals surface area contributed by atoms with Gasteiger partial charge in [0, 0.05) is 17.3 Å². The Morgan fingerprint density at radius 2 is 1.81 bits per heavy atom. The number of nitrogens with one attached hydrogen (secondary N) is 1. The molecule has 8 heteroatoms. The summed E-state index contributed by atoms with van der Waals surface area (Å²) in [6.07, 6.45) is 3.40. The molecule has 2 fully saturated rings. The topological polar surface area (TPSA) is 104 Å². The van der Waals surface area contributed by atoms with Crippen LogP contribution in [0, 0.1) is 0 Å². The smallest absolute Gasteiger partial charge is 0.326 e. The highest BCUT2D eigenvalue weighted by Gasteiger charge is 2.48. The van der Waals surface area contributed by atoms with Crippen molar-refractivity contribution < 1.29 is 24.0 Å². The largest absolute Gasteiger partial charge is 0.334 e. The summed E-state index contributed by atoms with van der Waals surface area (Å²) in [7, 11) is 0. The third-order valence-electron chi connectivity index (χ3n) is 5.13. The molecule has 134 valence electrons. The Balaban J connectivity index is 1.52. The maximum atomic E-state index is 12.5. The molecule has 2 aliphatic heterocycles. The van der Waals surface area contributed by atoms with E-state index in [9.17, 15) is 24.0 Å². The number of hydrogen-bond acceptors (Lipinski definition) is 5. The van der Waals surface area contributed by atoms with Crippen molar-refractivity contribution in [3.63, 3.8) is 0 Å². The maximum Gasteiger partial charge on any atom is 0.334 e. The number of benzene rings is 1. The lowest BCUT2D eigenvalue weighted by Gasteiger charge is -2.20. The van der Waals surface area contributed by atoms with E-state index in [0.29, 0.717) is 29.7 Å². The minimum absolute atomic E-state index is 0.146. The van der Waals surface area contributed by atoms with E-state index in [-0.39, 0.29) is 18.4 Å². The van der Waals surface area contributed by atoms with Crippen molar-refractivity contribution in [2.24, 2.45) is 0 Å². The fourth-order valence-electron chi connectivity index (χ4n) is 3.78. The number of carbonyl (C=O) groups is 5. The summed E-state index contributed by atoms with van der Waals surface area (Å²) in [5.74, 6) is -2.39. The Morgan fingerprint density at radius 3 is 2.54 bits per heavy atom. The minimum Gasteiger partial charge on any atom is -0.326 e. The minimum atomic E-state index is -0.951. The van der Waals surface area contributed by atoms with E-state index >= 15 is 0 Å². The SMILES string of the molecule is O=C1Cc2cc(C(=O)CN3C(=O)C(=O)N(C4CCCC4)C3=O)ccc2N1. The van der Waals surface area contributed by atoms with E-state index in [0.717, 1.165) is 22.6 Å². The second kappa shape index (κ2) is 6.05. The normalized spacial score (nSPS) is 20.2. The molecule has 4 rings (SSSR count). The molecule has 0 bridgehead atoms. The third kappa shape index (κ3) is 2.58. The Hall–Kier alpha value is -3.03. The van der Waals surface area contributed by atoms with Crippen molar-refractivity contribution in [3.05, 3.63) is 29.3 Å². The van der Waals surface area contributed by atoms with E-state index in [1.54, 1.807) is 12.1 Å². The van der Waals surface area contributed by atoms with Gasteiger partial charge in [0.05, 0.1) is 13.0 Å². The van der Waals surface area contributed by atoms with Crippen molar-refractivity contribution in [2.45, 2.75) is 38.1 Å². The summed E-state index contributed by atoms with van der Waals surface area (Å²) < 4.78 is 0. The van der Waals surface area contributed by atoms with Crippen LogP contribution in [0.3, 0.4) is 0 Å². The summed E-state index contributed by atoms with van der Waals surface area (Å²) in [6.45, 7) is -0.479. The van der Waals surface area contributed by atoms with E-state index in [1.807, 2.05) is 0 Å². The fourth-order valence-corrected chi connectivity index (χ4v) is 3.78. The summed E-state index contributed by atoms with van der Waals surface area (Å²) in [6, 6.07) is 3.78. The number of imide groups is 2. The molecule has 0 atom stereocenters. The predicted octanol–water partition coefficient (Wildman–Crippen LogP) is 1.10. The number of ketones is 1. The van der Waals surface area contributed by atoms with Gasteiger partial charge in [-0.05, 0) is 36.6 Å². The van der Waals surface area contributed by atoms with Crippen molar-refractivity contribution in [1.29, 1.82) is 0 Å². The molecule has 1 saturated carbocycles. The molecule has 0 radical (unpaired) electrons. The molecule has 26 heavy (non-hydrogen) atoms. The van der Waals surface area contributed by atoms with E-state index < -0.39 is 30.2 Å². The average molecular weight is 355 g/mol. The second-order valence-electron chi connectivity index (χ2n) is 6.81. The van der Waals surface area contributed by atoms with Crippen LogP contribution in [-0.2, 0) is 20.8 Å². The van der Waals surface area contributed by atoms with E-state index in [2.05, 4.69) is 5.32 Å². The van der Waals surface area contributed by atoms with Gasteiger partial charge in [0.15, 0.2) is 5.78 Å². The molecular weight excluding hydrogens is 338 g/mol. The van der Waals surface area contributed by atoms with Gasteiger partial charge in [-0.25, -0.2) is 9.69 Å². The summed E-state index contributed by atoms with van der Waals surface area (Å²) in [5, 5.41) is 2.67. The summed E-state index contributed by atoms with van der Waals surface area (Å²) in [4.78, 5) is 62.5. The second-order valence-corrected chi connectivity index (χ2v) is 6.81. The van der Waals surface area contributed by atoms with Crippen molar-refractivity contribution >= 4 is 35.2 Å². The lowest BCUT2D eigenvalue weighted by molar-refractivity contribution is -0.143. The molecule has 8 nitrogen and oxygen atoms in total. The Kier molecular flexibility index (Phi) is 3.82. The quantitative estimate of drug-likeness (QED) is 0.495. The molecule has 0 unspecified atom stereocenters. The number of hydrogen-bond donors (Lipinski definition) is 1. The lowest BCUT2D eigenvalue weighted by atomic mass is 10.0. The Labute approximate surface area is 149 Å². The van der Waals surface area contributed by atoms with Crippen molar-refractivity contribution in [1.82, 2.24) is 9.80 Å². The van der Waals surface area contributed by atoms with Gasteiger partial charge in [0.2, 0.25) is 5.91 Å². The first-order valence-corrected chi connectivity index (χ1v) is 8.60. The number of urea groups is 1. The first-order chi connectivity index (χ1) is 12.5. The van der Waals surface area contributed by atoms with Gasteiger partial charge in [-0.2, -0.15) is 0 Å². The van der Waals surface area contributed by atoms with Crippen molar-refractivity contribution in [2.75, 3.05) is 11.9 Å². The number of fused-ring (bicyclic) bond motifs is 1. The number of Topliss-reactive ketones (excluding diaryl/α,β-unsaturated/α-hetero) is 1. The van der Waals surface area contributed by atoms with Gasteiger partial charge in [0.1, 0.15) is 0 Å². The molecule has 2 heterocycles. The molecule has 1 aromatic carbocycles. The zero-order chi connectivity index (χ0) is 18.4. The van der Waals surface area contributed by atoms with Gasteiger partial charge >= 0.3 is 17.8 Å². The summed E-state index contributed by atoms with van der Waals surface area (Å²) >= 11 is 0. The fraction of sp³-hybridized carbons (Fsp3) is 0.389. The van der Waals surface area contributed by atoms with Crippen LogP contribution in [0.25, 0.3) is 0 Å². The van der Waals surface area contributed by atoms with Crippen LogP contribution in [-0.4, -0.2) is 51.9 Å². The van der Waals surface area contributed by atoms with Gasteiger partial charge in [-0.3, -0.25) is 24.1 Å². The van der Waals surface area contributed by atoms with Crippen LogP contribution in [0.2, 0.25) is 0 Å². The highest BCUT2D eigenvalue weighted by atomic mass is 16.2. The number of anilines is 1. The van der Waals surface area contributed by atoms with Crippen LogP contribution >= 0.6 is 0 Å². The van der Waals surface area contributed by atoms with E-state index in [1.165, 1.54) is 6.07 Å². The van der Waals surface area contributed by atoms with Gasteiger partial charge in [-0.15, -0.1) is 0 Å². The first-order valence-electron chi connectivity index (χ1n) is 8.60. The molecule has 5 amide bonds. The highest BCUT2D eigenvalue weighted by molar-refractivity contribution is 6.45. The molecule has 0 spiro atoms. The number of amides is 5. The number of rotatable bonds is 4. The first kappa shape index (κ1) is 16.4. The molecule has 1 aromatic rings. The number of nitrogens with zero attached hydrogens (tertiary/aromatic N) is 2.